The van der Waals surface area contributed by atoms with Crippen LogP contribution in [0.5, 0.6) is 0 Å². The van der Waals surface area contributed by atoms with Crippen LogP contribution in [0.1, 0.15) is 68.6 Å². The van der Waals surface area contributed by atoms with E-state index in [1.807, 2.05) is 69.3 Å². The number of ketones is 1. The molecule has 0 aliphatic heterocycles. The van der Waals surface area contributed by atoms with Gasteiger partial charge in [-0.3, -0.25) is 4.79 Å². The van der Waals surface area contributed by atoms with E-state index in [0.29, 0.717) is 16.7 Å². The average Bonchev–Trinajstić information content (AvgIpc) is 2.57. The fraction of sp³-hybridized carbons (Fsp3) is 0.375. The third kappa shape index (κ3) is 3.03. The Balaban J connectivity index is 2.34. The Bertz CT molecular complexity index is 877. The summed E-state index contributed by atoms with van der Waals surface area (Å²) in [7, 11) is 0. The first-order valence-electron chi connectivity index (χ1n) is 9.15. The molecule has 2 nitrogen and oxygen atoms in total. The first-order valence-corrected chi connectivity index (χ1v) is 9.15. The van der Waals surface area contributed by atoms with Crippen molar-refractivity contribution in [2.24, 2.45) is 5.41 Å². The second-order valence-electron chi connectivity index (χ2n) is 9.28. The van der Waals surface area contributed by atoms with Crippen LogP contribution in [0.2, 0.25) is 0 Å². The molecule has 0 unspecified atom stereocenters. The lowest BCUT2D eigenvalue weighted by Crippen LogP contribution is -2.36. The number of fused-ring (bicyclic) bond motifs is 1. The SMILES string of the molecule is CC(C)(C)C1=C[C@](O)(c2ccccc2)c2cc(C(C)(C)C)ccc2C1=O. The third-order valence-corrected chi connectivity index (χ3v) is 5.16. The fourth-order valence-corrected chi connectivity index (χ4v) is 3.51. The van der Waals surface area contributed by atoms with Gasteiger partial charge in [0, 0.05) is 16.7 Å². The summed E-state index contributed by atoms with van der Waals surface area (Å²) in [5.74, 6) is 0.00793. The third-order valence-electron chi connectivity index (χ3n) is 5.16. The molecule has 0 spiro atoms. The summed E-state index contributed by atoms with van der Waals surface area (Å²) in [6, 6.07) is 15.5. The summed E-state index contributed by atoms with van der Waals surface area (Å²) in [5, 5.41) is 11.8. The fourth-order valence-electron chi connectivity index (χ4n) is 3.51. The van der Waals surface area contributed by atoms with Crippen molar-refractivity contribution >= 4 is 5.78 Å². The number of aliphatic hydroxyl groups is 1. The van der Waals surface area contributed by atoms with Crippen LogP contribution in [-0.2, 0) is 11.0 Å². The molecule has 0 aromatic heterocycles. The second-order valence-corrected chi connectivity index (χ2v) is 9.28. The van der Waals surface area contributed by atoms with Gasteiger partial charge in [0.15, 0.2) is 5.78 Å². The predicted octanol–water partition coefficient (Wildman–Crippen LogP) is 5.39. The number of carbonyl (C=O) groups excluding carboxylic acids is 1. The van der Waals surface area contributed by atoms with Gasteiger partial charge < -0.3 is 5.11 Å². The number of rotatable bonds is 1. The van der Waals surface area contributed by atoms with Crippen LogP contribution < -0.4 is 0 Å². The van der Waals surface area contributed by atoms with Gasteiger partial charge in [0.25, 0.3) is 0 Å². The molecule has 0 saturated carbocycles. The average molecular weight is 348 g/mol. The topological polar surface area (TPSA) is 37.3 Å². The number of allylic oxidation sites excluding steroid dienone is 1. The van der Waals surface area contributed by atoms with E-state index in [-0.39, 0.29) is 16.6 Å². The van der Waals surface area contributed by atoms with Crippen molar-refractivity contribution in [1.82, 2.24) is 0 Å². The predicted molar refractivity (Wildman–Crippen MR) is 106 cm³/mol. The first kappa shape index (κ1) is 18.6. The van der Waals surface area contributed by atoms with Crippen molar-refractivity contribution in [3.63, 3.8) is 0 Å². The van der Waals surface area contributed by atoms with Gasteiger partial charge in [-0.25, -0.2) is 0 Å². The summed E-state index contributed by atoms with van der Waals surface area (Å²) >= 11 is 0. The Labute approximate surface area is 156 Å². The zero-order valence-electron chi connectivity index (χ0n) is 16.6. The van der Waals surface area contributed by atoms with Crippen LogP contribution in [0.25, 0.3) is 0 Å². The van der Waals surface area contributed by atoms with E-state index >= 15 is 0 Å². The first-order chi connectivity index (χ1) is 11.9. The second kappa shape index (κ2) is 5.92. The smallest absolute Gasteiger partial charge is 0.189 e. The Morgan fingerprint density at radius 1 is 0.846 bits per heavy atom. The summed E-state index contributed by atoms with van der Waals surface area (Å²) in [6.07, 6.45) is 1.76. The Kier molecular flexibility index (Phi) is 4.23. The molecule has 1 atom stereocenters. The van der Waals surface area contributed by atoms with Crippen LogP contribution >= 0.6 is 0 Å². The van der Waals surface area contributed by atoms with Crippen molar-refractivity contribution in [2.75, 3.05) is 0 Å². The maximum atomic E-state index is 13.2. The maximum Gasteiger partial charge on any atom is 0.189 e. The van der Waals surface area contributed by atoms with Crippen molar-refractivity contribution in [3.8, 4) is 0 Å². The van der Waals surface area contributed by atoms with Gasteiger partial charge in [-0.2, -0.15) is 0 Å². The van der Waals surface area contributed by atoms with Crippen LogP contribution in [0, 0.1) is 5.41 Å². The van der Waals surface area contributed by atoms with Gasteiger partial charge in [0.05, 0.1) is 0 Å². The normalized spacial score (nSPS) is 20.6. The Hall–Kier alpha value is -2.19. The van der Waals surface area contributed by atoms with Crippen LogP contribution in [-0.4, -0.2) is 10.9 Å². The van der Waals surface area contributed by atoms with Gasteiger partial charge >= 0.3 is 0 Å². The minimum Gasteiger partial charge on any atom is -0.377 e. The van der Waals surface area contributed by atoms with Gasteiger partial charge in [-0.1, -0.05) is 90.1 Å². The quantitative estimate of drug-likeness (QED) is 0.750. The van der Waals surface area contributed by atoms with Crippen LogP contribution in [0.4, 0.5) is 0 Å². The summed E-state index contributed by atoms with van der Waals surface area (Å²) in [6.45, 7) is 12.4. The van der Waals surface area contributed by atoms with Gasteiger partial charge in [-0.15, -0.1) is 0 Å². The lowest BCUT2D eigenvalue weighted by Gasteiger charge is -2.37. The minimum absolute atomic E-state index is 0.00793. The zero-order chi connectivity index (χ0) is 19.3. The molecule has 26 heavy (non-hydrogen) atoms. The van der Waals surface area contributed by atoms with Gasteiger partial charge in [-0.05, 0) is 28.0 Å². The number of hydrogen-bond acceptors (Lipinski definition) is 2. The maximum absolute atomic E-state index is 13.2. The molecule has 3 rings (SSSR count). The summed E-state index contributed by atoms with van der Waals surface area (Å²) < 4.78 is 0. The van der Waals surface area contributed by atoms with E-state index < -0.39 is 5.60 Å². The molecular weight excluding hydrogens is 320 g/mol. The molecule has 1 N–H and O–H groups in total. The lowest BCUT2D eigenvalue weighted by atomic mass is 9.69. The van der Waals surface area contributed by atoms with Crippen LogP contribution in [0.3, 0.4) is 0 Å². The van der Waals surface area contributed by atoms with E-state index in [1.165, 1.54) is 0 Å². The lowest BCUT2D eigenvalue weighted by molar-refractivity contribution is 0.0940. The molecule has 0 fully saturated rings. The summed E-state index contributed by atoms with van der Waals surface area (Å²) in [5.41, 5.74) is 2.08. The minimum atomic E-state index is -1.31. The van der Waals surface area contributed by atoms with Crippen LogP contribution in [0.15, 0.2) is 60.2 Å². The van der Waals surface area contributed by atoms with Crippen molar-refractivity contribution in [2.45, 2.75) is 52.6 Å². The molecule has 0 radical (unpaired) electrons. The molecule has 2 aromatic carbocycles. The van der Waals surface area contributed by atoms with E-state index in [4.69, 9.17) is 0 Å². The highest BCUT2D eigenvalue weighted by Crippen LogP contribution is 2.44. The Morgan fingerprint density at radius 2 is 1.46 bits per heavy atom. The highest BCUT2D eigenvalue weighted by atomic mass is 16.3. The largest absolute Gasteiger partial charge is 0.377 e. The molecule has 0 saturated heterocycles. The highest BCUT2D eigenvalue weighted by Gasteiger charge is 2.42. The highest BCUT2D eigenvalue weighted by molar-refractivity contribution is 6.12. The molecule has 0 amide bonds. The molecule has 1 aliphatic rings. The molecule has 1 aliphatic carbocycles. The number of carbonyl (C=O) groups is 1. The molecular formula is C24H28O2. The Morgan fingerprint density at radius 3 is 2.00 bits per heavy atom. The molecule has 2 aromatic rings. The summed E-state index contributed by atoms with van der Waals surface area (Å²) in [4.78, 5) is 13.2. The van der Waals surface area contributed by atoms with E-state index in [2.05, 4.69) is 20.8 Å². The van der Waals surface area contributed by atoms with Crippen molar-refractivity contribution in [1.29, 1.82) is 0 Å². The van der Waals surface area contributed by atoms with Crippen molar-refractivity contribution < 1.29 is 9.90 Å². The number of Topliss-reactive ketones (excluding diaryl/α,β-unsaturated/α-hetero) is 1. The van der Waals surface area contributed by atoms with E-state index in [0.717, 1.165) is 11.1 Å². The van der Waals surface area contributed by atoms with E-state index in [1.54, 1.807) is 6.08 Å². The molecule has 0 bridgehead atoms. The molecule has 0 heterocycles. The van der Waals surface area contributed by atoms with Gasteiger partial charge in [0.1, 0.15) is 5.60 Å². The standard InChI is InChI=1S/C24H28O2/c1-22(2,3)17-12-13-18-19(14-17)24(26,16-10-8-7-9-11-16)15-20(21(18)25)23(4,5)6/h7-15,26H,1-6H3/t24-/m0/s1. The zero-order valence-corrected chi connectivity index (χ0v) is 16.6. The molecule has 136 valence electrons. The number of hydrogen-bond donors (Lipinski definition) is 1. The van der Waals surface area contributed by atoms with E-state index in [9.17, 15) is 9.90 Å². The van der Waals surface area contributed by atoms with Crippen molar-refractivity contribution in [3.05, 3.63) is 82.4 Å². The van der Waals surface area contributed by atoms with Gasteiger partial charge in [0.2, 0.25) is 0 Å². The molecule has 2 heteroatoms. The monoisotopic (exact) mass is 348 g/mol. The number of benzene rings is 2.